The van der Waals surface area contributed by atoms with Gasteiger partial charge in [0.25, 0.3) is 0 Å². The third-order valence-corrected chi connectivity index (χ3v) is 6.73. The van der Waals surface area contributed by atoms with Crippen LogP contribution in [0.3, 0.4) is 0 Å². The molecule has 0 spiro atoms. The van der Waals surface area contributed by atoms with Gasteiger partial charge < -0.3 is 4.98 Å². The molecule has 6 rings (SSSR count). The molecule has 0 amide bonds. The number of aromatic nitrogens is 1. The molecule has 1 N–H and O–H groups in total. The molecule has 30 heavy (non-hydrogen) atoms. The fraction of sp³-hybridized carbons (Fsp3) is 0. The van der Waals surface area contributed by atoms with E-state index >= 15 is 0 Å². The molecule has 142 valence electrons. The van der Waals surface area contributed by atoms with Gasteiger partial charge in [-0.1, -0.05) is 78.5 Å². The predicted octanol–water partition coefficient (Wildman–Crippen LogP) is 7.32. The van der Waals surface area contributed by atoms with E-state index in [1.165, 1.54) is 10.8 Å². The summed E-state index contributed by atoms with van der Waals surface area (Å²) in [6.45, 7) is 0. The van der Waals surface area contributed by atoms with Crippen LogP contribution in [0.15, 0.2) is 101 Å². The Bertz CT molecular complexity index is 1490. The first-order chi connectivity index (χ1) is 14.8. The topological polar surface area (TPSA) is 32.9 Å². The van der Waals surface area contributed by atoms with Crippen LogP contribution in [0.2, 0.25) is 0 Å². The van der Waals surface area contributed by atoms with Gasteiger partial charge in [-0.05, 0) is 46.7 Å². The number of ketones is 1. The van der Waals surface area contributed by atoms with Gasteiger partial charge in [0.2, 0.25) is 5.78 Å². The van der Waals surface area contributed by atoms with Crippen LogP contribution in [-0.4, -0.2) is 10.8 Å². The van der Waals surface area contributed by atoms with Crippen molar-refractivity contribution in [3.05, 3.63) is 107 Å². The van der Waals surface area contributed by atoms with Gasteiger partial charge in [-0.3, -0.25) is 4.79 Å². The van der Waals surface area contributed by atoms with Crippen molar-refractivity contribution in [2.75, 3.05) is 0 Å². The van der Waals surface area contributed by atoms with Crippen molar-refractivity contribution in [3.8, 4) is 11.3 Å². The SMILES string of the molecule is O=C1C(=Cc2c(-c3ccc4ccccc4c3)[nH]c3ccccc23)Sc2ccccc21. The lowest BCUT2D eigenvalue weighted by Gasteiger charge is -2.05. The van der Waals surface area contributed by atoms with E-state index in [4.69, 9.17) is 0 Å². The monoisotopic (exact) mass is 403 g/mol. The molecule has 2 heterocycles. The fourth-order valence-corrected chi connectivity index (χ4v) is 5.19. The minimum Gasteiger partial charge on any atom is -0.354 e. The highest BCUT2D eigenvalue weighted by atomic mass is 32.2. The number of hydrogen-bond acceptors (Lipinski definition) is 2. The zero-order valence-electron chi connectivity index (χ0n) is 16.1. The van der Waals surface area contributed by atoms with Crippen molar-refractivity contribution in [2.24, 2.45) is 0 Å². The molecule has 0 radical (unpaired) electrons. The number of rotatable bonds is 2. The van der Waals surface area contributed by atoms with E-state index in [-0.39, 0.29) is 5.78 Å². The summed E-state index contributed by atoms with van der Waals surface area (Å²) in [6.07, 6.45) is 2.05. The maximum absolute atomic E-state index is 13.0. The summed E-state index contributed by atoms with van der Waals surface area (Å²) >= 11 is 1.56. The lowest BCUT2D eigenvalue weighted by molar-refractivity contribution is 0.104. The second-order valence-corrected chi connectivity index (χ2v) is 8.54. The Labute approximate surface area is 178 Å². The van der Waals surface area contributed by atoms with Gasteiger partial charge >= 0.3 is 0 Å². The normalized spacial score (nSPS) is 14.7. The van der Waals surface area contributed by atoms with Gasteiger partial charge in [0.05, 0.1) is 10.6 Å². The standard InChI is InChI=1S/C27H17NOS/c29-27-21-10-4-6-12-24(21)30-25(27)16-22-20-9-3-5-11-23(20)28-26(22)19-14-13-17-7-1-2-8-18(17)15-19/h1-16,28H. The number of para-hydroxylation sites is 1. The van der Waals surface area contributed by atoms with Crippen LogP contribution in [0, 0.1) is 0 Å². The highest BCUT2D eigenvalue weighted by Gasteiger charge is 2.26. The van der Waals surface area contributed by atoms with Gasteiger partial charge in [-0.15, -0.1) is 0 Å². The Balaban J connectivity index is 1.56. The average Bonchev–Trinajstić information content (AvgIpc) is 3.32. The molecular weight excluding hydrogens is 386 g/mol. The summed E-state index contributed by atoms with van der Waals surface area (Å²) in [4.78, 5) is 18.4. The zero-order valence-corrected chi connectivity index (χ0v) is 16.9. The molecule has 0 bridgehead atoms. The summed E-state index contributed by atoms with van der Waals surface area (Å²) in [7, 11) is 0. The number of aromatic amines is 1. The number of thioether (sulfide) groups is 1. The molecule has 1 aromatic heterocycles. The lowest BCUT2D eigenvalue weighted by Crippen LogP contribution is -1.93. The molecule has 0 atom stereocenters. The number of fused-ring (bicyclic) bond motifs is 3. The van der Waals surface area contributed by atoms with Crippen LogP contribution >= 0.6 is 11.8 Å². The molecule has 0 unspecified atom stereocenters. The number of carbonyl (C=O) groups excluding carboxylic acids is 1. The van der Waals surface area contributed by atoms with Crippen LogP contribution in [0.4, 0.5) is 0 Å². The van der Waals surface area contributed by atoms with Gasteiger partial charge in [0, 0.05) is 26.9 Å². The number of nitrogens with one attached hydrogen (secondary N) is 1. The zero-order chi connectivity index (χ0) is 20.1. The maximum atomic E-state index is 13.0. The molecule has 2 nitrogen and oxygen atoms in total. The molecule has 0 saturated carbocycles. The van der Waals surface area contributed by atoms with Crippen molar-refractivity contribution < 1.29 is 4.79 Å². The summed E-state index contributed by atoms with van der Waals surface area (Å²) in [5, 5.41) is 3.54. The molecule has 3 heteroatoms. The third-order valence-electron chi connectivity index (χ3n) is 5.64. The lowest BCUT2D eigenvalue weighted by atomic mass is 10.0. The molecule has 5 aromatic rings. The largest absolute Gasteiger partial charge is 0.354 e. The van der Waals surface area contributed by atoms with Crippen LogP contribution in [0.1, 0.15) is 15.9 Å². The van der Waals surface area contributed by atoms with E-state index in [0.29, 0.717) is 0 Å². The van der Waals surface area contributed by atoms with E-state index in [0.717, 1.165) is 43.1 Å². The summed E-state index contributed by atoms with van der Waals surface area (Å²) in [6, 6.07) is 31.0. The molecule has 0 saturated heterocycles. The van der Waals surface area contributed by atoms with E-state index in [9.17, 15) is 4.79 Å². The van der Waals surface area contributed by atoms with E-state index in [1.807, 2.05) is 36.4 Å². The van der Waals surface area contributed by atoms with Gasteiger partial charge in [-0.2, -0.15) is 0 Å². The van der Waals surface area contributed by atoms with Crippen LogP contribution < -0.4 is 0 Å². The first kappa shape index (κ1) is 17.3. The first-order valence-corrected chi connectivity index (χ1v) is 10.7. The van der Waals surface area contributed by atoms with Gasteiger partial charge in [0.1, 0.15) is 0 Å². The number of hydrogen-bond donors (Lipinski definition) is 1. The summed E-state index contributed by atoms with van der Waals surface area (Å²) in [5.74, 6) is 0.102. The number of benzene rings is 4. The molecular formula is C27H17NOS. The second-order valence-electron chi connectivity index (χ2n) is 7.46. The van der Waals surface area contributed by atoms with Crippen LogP contribution in [0.5, 0.6) is 0 Å². The number of Topliss-reactive ketones (excluding diaryl/α,β-unsaturated/α-hetero) is 1. The molecule has 0 fully saturated rings. The minimum absolute atomic E-state index is 0.102. The smallest absolute Gasteiger partial charge is 0.200 e. The van der Waals surface area contributed by atoms with Gasteiger partial charge in [0.15, 0.2) is 0 Å². The Morgan fingerprint density at radius 2 is 1.53 bits per heavy atom. The average molecular weight is 404 g/mol. The number of H-pyrrole nitrogens is 1. The summed E-state index contributed by atoms with van der Waals surface area (Å²) in [5.41, 5.74) is 5.08. The van der Waals surface area contributed by atoms with Crippen molar-refractivity contribution in [3.63, 3.8) is 0 Å². The number of carbonyl (C=O) groups is 1. The first-order valence-electron chi connectivity index (χ1n) is 9.91. The third kappa shape index (κ3) is 2.71. The Morgan fingerprint density at radius 1 is 0.767 bits per heavy atom. The second kappa shape index (κ2) is 6.75. The molecule has 1 aliphatic heterocycles. The Kier molecular flexibility index (Phi) is 3.90. The maximum Gasteiger partial charge on any atom is 0.200 e. The Hall–Kier alpha value is -3.56. The van der Waals surface area contributed by atoms with Crippen molar-refractivity contribution in [1.29, 1.82) is 0 Å². The molecule has 0 aliphatic carbocycles. The van der Waals surface area contributed by atoms with Crippen molar-refractivity contribution in [1.82, 2.24) is 4.98 Å². The molecule has 4 aromatic carbocycles. The van der Waals surface area contributed by atoms with E-state index < -0.39 is 0 Å². The van der Waals surface area contributed by atoms with Crippen LogP contribution in [-0.2, 0) is 0 Å². The predicted molar refractivity (Wildman–Crippen MR) is 126 cm³/mol. The van der Waals surface area contributed by atoms with Crippen LogP contribution in [0.25, 0.3) is 39.0 Å². The summed E-state index contributed by atoms with van der Waals surface area (Å²) < 4.78 is 0. The van der Waals surface area contributed by atoms with E-state index in [2.05, 4.69) is 65.7 Å². The molecule has 1 aliphatic rings. The van der Waals surface area contributed by atoms with E-state index in [1.54, 1.807) is 11.8 Å². The van der Waals surface area contributed by atoms with Crippen molar-refractivity contribution in [2.45, 2.75) is 4.90 Å². The minimum atomic E-state index is 0.102. The highest BCUT2D eigenvalue weighted by molar-refractivity contribution is 8.04. The highest BCUT2D eigenvalue weighted by Crippen LogP contribution is 2.42. The number of allylic oxidation sites excluding steroid dienone is 1. The van der Waals surface area contributed by atoms with Crippen molar-refractivity contribution >= 4 is 45.3 Å². The fourth-order valence-electron chi connectivity index (χ4n) is 4.15. The quantitative estimate of drug-likeness (QED) is 0.313. The van der Waals surface area contributed by atoms with Gasteiger partial charge in [-0.25, -0.2) is 0 Å². The Morgan fingerprint density at radius 3 is 2.43 bits per heavy atom.